The van der Waals surface area contributed by atoms with Gasteiger partial charge >= 0.3 is 0 Å². The van der Waals surface area contributed by atoms with Crippen LogP contribution in [0.4, 0.5) is 0 Å². The van der Waals surface area contributed by atoms with Crippen LogP contribution in [0.2, 0.25) is 0 Å². The third kappa shape index (κ3) is 3.20. The molecule has 2 heterocycles. The van der Waals surface area contributed by atoms with Gasteiger partial charge in [-0.25, -0.2) is 0 Å². The third-order valence-corrected chi connectivity index (χ3v) is 5.13. The van der Waals surface area contributed by atoms with Gasteiger partial charge in [-0.05, 0) is 42.5 Å². The summed E-state index contributed by atoms with van der Waals surface area (Å²) < 4.78 is 8.87. The summed E-state index contributed by atoms with van der Waals surface area (Å²) in [6.45, 7) is 0.567. The van der Waals surface area contributed by atoms with E-state index in [0.717, 1.165) is 21.5 Å². The first-order valence-corrected chi connectivity index (χ1v) is 9.42. The van der Waals surface area contributed by atoms with Gasteiger partial charge in [0.25, 0.3) is 5.91 Å². The number of imidazole rings is 1. The molecule has 0 aliphatic carbocycles. The molecule has 132 valence electrons. The van der Waals surface area contributed by atoms with Crippen molar-refractivity contribution in [2.45, 2.75) is 12.5 Å². The van der Waals surface area contributed by atoms with Gasteiger partial charge in [0.2, 0.25) is 0 Å². The molecule has 7 heteroatoms. The number of hydrogen-bond donors (Lipinski definition) is 2. The predicted octanol–water partition coefficient (Wildman–Crippen LogP) is 4.55. The zero-order valence-electron chi connectivity index (χ0n) is 13.7. The van der Waals surface area contributed by atoms with Crippen molar-refractivity contribution in [2.24, 2.45) is 0 Å². The molecule has 0 bridgehead atoms. The van der Waals surface area contributed by atoms with Gasteiger partial charge in [-0.2, -0.15) is 0 Å². The van der Waals surface area contributed by atoms with Gasteiger partial charge in [0.05, 0.1) is 12.6 Å². The summed E-state index contributed by atoms with van der Waals surface area (Å²) >= 11 is 8.84. The van der Waals surface area contributed by atoms with Crippen molar-refractivity contribution >= 4 is 34.1 Å². The second-order valence-electron chi connectivity index (χ2n) is 6.00. The van der Waals surface area contributed by atoms with E-state index in [1.165, 1.54) is 0 Å². The van der Waals surface area contributed by atoms with Crippen LogP contribution < -0.4 is 10.1 Å². The van der Waals surface area contributed by atoms with Gasteiger partial charge in [0.1, 0.15) is 11.4 Å². The van der Waals surface area contributed by atoms with Crippen LogP contribution in [0, 0.1) is 4.77 Å². The number of carbonyl (C=O) groups is 1. The number of nitrogens with zero attached hydrogens (tertiary/aromatic N) is 1. The minimum Gasteiger partial charge on any atom is -0.493 e. The molecule has 3 aromatic rings. The fourth-order valence-electron chi connectivity index (χ4n) is 3.12. The van der Waals surface area contributed by atoms with Crippen molar-refractivity contribution in [3.05, 3.63) is 75.2 Å². The van der Waals surface area contributed by atoms with Crippen LogP contribution in [0.25, 0.3) is 5.69 Å². The first-order chi connectivity index (χ1) is 12.6. The summed E-state index contributed by atoms with van der Waals surface area (Å²) in [5.74, 6) is 0.623. The largest absolute Gasteiger partial charge is 0.493 e. The van der Waals surface area contributed by atoms with E-state index in [1.54, 1.807) is 10.8 Å². The number of aromatic nitrogens is 2. The number of nitrogens with one attached hydrogen (secondary N) is 2. The van der Waals surface area contributed by atoms with Crippen molar-refractivity contribution in [1.29, 1.82) is 0 Å². The Labute approximate surface area is 164 Å². The number of aromatic amines is 1. The summed E-state index contributed by atoms with van der Waals surface area (Å²) in [6.07, 6.45) is 2.36. The molecule has 1 amide bonds. The molecule has 0 saturated heterocycles. The number of fused-ring (bicyclic) bond motifs is 1. The monoisotopic (exact) mass is 429 g/mol. The van der Waals surface area contributed by atoms with Crippen molar-refractivity contribution < 1.29 is 9.53 Å². The molecule has 0 fully saturated rings. The smallest absolute Gasteiger partial charge is 0.270 e. The van der Waals surface area contributed by atoms with E-state index in [4.69, 9.17) is 17.0 Å². The molecule has 1 aromatic heterocycles. The normalized spacial score (nSPS) is 15.8. The maximum atomic E-state index is 13.0. The Morgan fingerprint density at radius 3 is 2.88 bits per heavy atom. The Hall–Kier alpha value is -2.38. The fourth-order valence-corrected chi connectivity index (χ4v) is 3.76. The number of benzene rings is 2. The van der Waals surface area contributed by atoms with E-state index in [9.17, 15) is 4.79 Å². The Kier molecular flexibility index (Phi) is 4.65. The van der Waals surface area contributed by atoms with E-state index in [1.807, 2.05) is 48.5 Å². The minimum atomic E-state index is -0.181. The quantitative estimate of drug-likeness (QED) is 0.600. The molecule has 0 radical (unpaired) electrons. The summed E-state index contributed by atoms with van der Waals surface area (Å²) in [6, 6.07) is 15.3. The molecule has 1 aliphatic rings. The first-order valence-electron chi connectivity index (χ1n) is 8.22. The Bertz CT molecular complexity index is 1010. The molecule has 5 nitrogen and oxygen atoms in total. The van der Waals surface area contributed by atoms with Crippen LogP contribution in [-0.4, -0.2) is 22.1 Å². The minimum absolute atomic E-state index is 0.114. The van der Waals surface area contributed by atoms with Crippen molar-refractivity contribution in [3.63, 3.8) is 0 Å². The fraction of sp³-hybridized carbons (Fsp3) is 0.158. The highest BCUT2D eigenvalue weighted by Crippen LogP contribution is 2.34. The third-order valence-electron chi connectivity index (χ3n) is 4.34. The van der Waals surface area contributed by atoms with Crippen LogP contribution in [0.1, 0.15) is 28.5 Å². The lowest BCUT2D eigenvalue weighted by Gasteiger charge is -2.27. The molecule has 2 aromatic carbocycles. The molecule has 1 aliphatic heterocycles. The van der Waals surface area contributed by atoms with Gasteiger partial charge in [-0.3, -0.25) is 9.36 Å². The Morgan fingerprint density at radius 1 is 1.27 bits per heavy atom. The summed E-state index contributed by atoms with van der Waals surface area (Å²) in [5.41, 5.74) is 2.29. The van der Waals surface area contributed by atoms with Gasteiger partial charge < -0.3 is 15.0 Å². The molecule has 4 rings (SSSR count). The average molecular weight is 430 g/mol. The standard InChI is InChI=1S/C19H16BrN3O2S/c20-12-6-7-17-14(10-12)15(8-9-25-17)22-18(24)16-11-21-19(26)23(16)13-4-2-1-3-5-13/h1-7,10-11,15H,8-9H2,(H,21,26)(H,22,24). The van der Waals surface area contributed by atoms with Gasteiger partial charge in [-0.1, -0.05) is 34.1 Å². The summed E-state index contributed by atoms with van der Waals surface area (Å²) in [4.78, 5) is 15.9. The molecule has 1 atom stereocenters. The number of rotatable bonds is 3. The lowest BCUT2D eigenvalue weighted by molar-refractivity contribution is 0.0917. The number of ether oxygens (including phenoxy) is 1. The highest BCUT2D eigenvalue weighted by molar-refractivity contribution is 9.10. The Morgan fingerprint density at radius 2 is 2.08 bits per heavy atom. The molecule has 1 unspecified atom stereocenters. The number of amides is 1. The predicted molar refractivity (Wildman–Crippen MR) is 105 cm³/mol. The zero-order chi connectivity index (χ0) is 18.1. The second kappa shape index (κ2) is 7.09. The SMILES string of the molecule is O=C(NC1CCOc2ccc(Br)cc21)c1c[nH]c(=S)n1-c1ccccc1. The average Bonchev–Trinajstić information content (AvgIpc) is 3.04. The maximum Gasteiger partial charge on any atom is 0.270 e. The van der Waals surface area contributed by atoms with E-state index in [-0.39, 0.29) is 11.9 Å². The summed E-state index contributed by atoms with van der Waals surface area (Å²) in [7, 11) is 0. The van der Waals surface area contributed by atoms with E-state index in [0.29, 0.717) is 23.5 Å². The summed E-state index contributed by atoms with van der Waals surface area (Å²) in [5, 5.41) is 3.12. The second-order valence-corrected chi connectivity index (χ2v) is 7.30. The molecular formula is C19H16BrN3O2S. The van der Waals surface area contributed by atoms with Crippen LogP contribution >= 0.6 is 28.1 Å². The van der Waals surface area contributed by atoms with Crippen LogP contribution in [-0.2, 0) is 0 Å². The molecule has 0 spiro atoms. The van der Waals surface area contributed by atoms with Gasteiger partial charge in [0.15, 0.2) is 4.77 Å². The maximum absolute atomic E-state index is 13.0. The number of halogens is 1. The first kappa shape index (κ1) is 17.1. The highest BCUT2D eigenvalue weighted by Gasteiger charge is 2.25. The molecule has 0 saturated carbocycles. The lowest BCUT2D eigenvalue weighted by atomic mass is 10.0. The number of hydrogen-bond acceptors (Lipinski definition) is 3. The topological polar surface area (TPSA) is 59.0 Å². The van der Waals surface area contributed by atoms with Gasteiger partial charge in [0, 0.05) is 28.3 Å². The van der Waals surface area contributed by atoms with E-state index < -0.39 is 0 Å². The van der Waals surface area contributed by atoms with Crippen LogP contribution in [0.15, 0.2) is 59.2 Å². The number of H-pyrrole nitrogens is 1. The Balaban J connectivity index is 1.65. The van der Waals surface area contributed by atoms with Crippen molar-refractivity contribution in [1.82, 2.24) is 14.9 Å². The molecule has 26 heavy (non-hydrogen) atoms. The van der Waals surface area contributed by atoms with Crippen LogP contribution in [0.5, 0.6) is 5.75 Å². The van der Waals surface area contributed by atoms with Gasteiger partial charge in [-0.15, -0.1) is 0 Å². The zero-order valence-corrected chi connectivity index (χ0v) is 16.1. The lowest BCUT2D eigenvalue weighted by Crippen LogP contribution is -2.33. The van der Waals surface area contributed by atoms with Crippen LogP contribution in [0.3, 0.4) is 0 Å². The number of carbonyl (C=O) groups excluding carboxylic acids is 1. The highest BCUT2D eigenvalue weighted by atomic mass is 79.9. The molecular weight excluding hydrogens is 414 g/mol. The van der Waals surface area contributed by atoms with Crippen molar-refractivity contribution in [2.75, 3.05) is 6.61 Å². The van der Waals surface area contributed by atoms with E-state index in [2.05, 4.69) is 26.2 Å². The van der Waals surface area contributed by atoms with E-state index >= 15 is 0 Å². The van der Waals surface area contributed by atoms with Crippen molar-refractivity contribution in [3.8, 4) is 11.4 Å². The number of para-hydroxylation sites is 1. The molecule has 2 N–H and O–H groups in total.